The molecule has 0 aliphatic heterocycles. The van der Waals surface area contributed by atoms with Gasteiger partial charge in [0.05, 0.1) is 11.4 Å². The van der Waals surface area contributed by atoms with Gasteiger partial charge in [-0.2, -0.15) is 0 Å². The topological polar surface area (TPSA) is 72.3 Å². The molecule has 20 heavy (non-hydrogen) atoms. The highest BCUT2D eigenvalue weighted by molar-refractivity contribution is 9.10. The molecule has 2 rings (SSSR count). The van der Waals surface area contributed by atoms with Gasteiger partial charge in [-0.15, -0.1) is 0 Å². The zero-order valence-electron chi connectivity index (χ0n) is 11.1. The third-order valence-corrected chi connectivity index (χ3v) is 3.53. The summed E-state index contributed by atoms with van der Waals surface area (Å²) < 4.78 is 1.04. The number of anilines is 2. The molecule has 0 heterocycles. The maximum absolute atomic E-state index is 11.1. The number of rotatable bonds is 4. The molecule has 2 aromatic carbocycles. The van der Waals surface area contributed by atoms with Crippen LogP contribution in [0.3, 0.4) is 0 Å². The fourth-order valence-electron chi connectivity index (χ4n) is 2.05. The molecule has 0 atom stereocenters. The fraction of sp³-hybridized carbons (Fsp3) is 0.133. The molecule has 4 nitrogen and oxygen atoms in total. The Balaban J connectivity index is 2.21. The second-order valence-corrected chi connectivity index (χ2v) is 5.54. The normalized spacial score (nSPS) is 10.3. The minimum Gasteiger partial charge on any atom is -0.397 e. The lowest BCUT2D eigenvalue weighted by Crippen LogP contribution is -2.19. The highest BCUT2D eigenvalue weighted by atomic mass is 79.9. The Morgan fingerprint density at radius 2 is 2.00 bits per heavy atom. The number of nitrogen functional groups attached to an aromatic ring is 1. The quantitative estimate of drug-likeness (QED) is 0.845. The van der Waals surface area contributed by atoms with Crippen molar-refractivity contribution >= 4 is 33.2 Å². The smallest absolute Gasteiger partial charge is 0.248 e. The van der Waals surface area contributed by atoms with Gasteiger partial charge in [0.25, 0.3) is 0 Å². The van der Waals surface area contributed by atoms with E-state index in [2.05, 4.69) is 28.1 Å². The zero-order chi connectivity index (χ0) is 14.7. The lowest BCUT2D eigenvalue weighted by Gasteiger charge is -2.21. The van der Waals surface area contributed by atoms with Gasteiger partial charge in [-0.05, 0) is 35.9 Å². The molecule has 0 aliphatic rings. The molecule has 0 saturated heterocycles. The summed E-state index contributed by atoms with van der Waals surface area (Å²) in [4.78, 5) is 13.1. The van der Waals surface area contributed by atoms with Crippen LogP contribution in [0.25, 0.3) is 0 Å². The Hall–Kier alpha value is -2.01. The van der Waals surface area contributed by atoms with Crippen molar-refractivity contribution in [1.82, 2.24) is 0 Å². The summed E-state index contributed by atoms with van der Waals surface area (Å²) in [6.07, 6.45) is 0. The van der Waals surface area contributed by atoms with Crippen LogP contribution in [-0.4, -0.2) is 13.0 Å². The van der Waals surface area contributed by atoms with E-state index in [1.807, 2.05) is 30.1 Å². The van der Waals surface area contributed by atoms with Gasteiger partial charge in [0, 0.05) is 23.6 Å². The van der Waals surface area contributed by atoms with Crippen molar-refractivity contribution in [2.75, 3.05) is 17.7 Å². The number of hydrogen-bond donors (Lipinski definition) is 2. The van der Waals surface area contributed by atoms with E-state index in [1.165, 1.54) is 5.56 Å². The van der Waals surface area contributed by atoms with Gasteiger partial charge in [-0.3, -0.25) is 4.79 Å². The van der Waals surface area contributed by atoms with Crippen LogP contribution < -0.4 is 16.4 Å². The third-order valence-electron chi connectivity index (χ3n) is 3.03. The van der Waals surface area contributed by atoms with Gasteiger partial charge in [-0.25, -0.2) is 0 Å². The zero-order valence-corrected chi connectivity index (χ0v) is 12.7. The number of nitrogens with two attached hydrogens (primary N) is 2. The van der Waals surface area contributed by atoms with Crippen LogP contribution in [0.15, 0.2) is 46.9 Å². The van der Waals surface area contributed by atoms with Crippen LogP contribution in [0.5, 0.6) is 0 Å². The van der Waals surface area contributed by atoms with Crippen molar-refractivity contribution in [3.05, 3.63) is 58.1 Å². The average Bonchev–Trinajstić information content (AvgIpc) is 2.38. The Labute approximate surface area is 126 Å². The molecule has 0 spiro atoms. The molecular formula is C15H16BrN3O. The number of nitrogens with zero attached hydrogens (tertiary/aromatic N) is 1. The first-order chi connectivity index (χ1) is 9.47. The van der Waals surface area contributed by atoms with Crippen molar-refractivity contribution in [1.29, 1.82) is 0 Å². The molecule has 1 amide bonds. The summed E-state index contributed by atoms with van der Waals surface area (Å²) in [5.41, 5.74) is 14.2. The number of carbonyl (C=O) groups excluding carboxylic acids is 1. The van der Waals surface area contributed by atoms with Gasteiger partial charge < -0.3 is 16.4 Å². The lowest BCUT2D eigenvalue weighted by molar-refractivity contribution is 0.100. The van der Waals surface area contributed by atoms with Gasteiger partial charge >= 0.3 is 0 Å². The van der Waals surface area contributed by atoms with E-state index >= 15 is 0 Å². The number of amides is 1. The predicted octanol–water partition coefficient (Wildman–Crippen LogP) is 2.77. The maximum Gasteiger partial charge on any atom is 0.248 e. The molecule has 104 valence electrons. The van der Waals surface area contributed by atoms with Crippen LogP contribution in [-0.2, 0) is 6.54 Å². The van der Waals surface area contributed by atoms with Crippen LogP contribution in [0.1, 0.15) is 15.9 Å². The van der Waals surface area contributed by atoms with E-state index in [4.69, 9.17) is 11.5 Å². The Morgan fingerprint density at radius 1 is 1.25 bits per heavy atom. The first kappa shape index (κ1) is 14.4. The molecular weight excluding hydrogens is 318 g/mol. The van der Waals surface area contributed by atoms with Crippen molar-refractivity contribution in [2.45, 2.75) is 6.54 Å². The van der Waals surface area contributed by atoms with E-state index in [0.717, 1.165) is 16.7 Å². The summed E-state index contributed by atoms with van der Waals surface area (Å²) in [7, 11) is 1.95. The van der Waals surface area contributed by atoms with Crippen LogP contribution in [0.2, 0.25) is 0 Å². The Morgan fingerprint density at radius 3 is 2.60 bits per heavy atom. The highest BCUT2D eigenvalue weighted by Crippen LogP contribution is 2.25. The first-order valence-corrected chi connectivity index (χ1v) is 6.91. The van der Waals surface area contributed by atoms with E-state index in [-0.39, 0.29) is 0 Å². The van der Waals surface area contributed by atoms with E-state index in [1.54, 1.807) is 12.1 Å². The second kappa shape index (κ2) is 5.96. The third kappa shape index (κ3) is 3.30. The number of benzene rings is 2. The highest BCUT2D eigenvalue weighted by Gasteiger charge is 2.09. The molecule has 0 unspecified atom stereocenters. The minimum atomic E-state index is -0.474. The molecule has 0 fully saturated rings. The number of hydrogen-bond acceptors (Lipinski definition) is 3. The standard InChI is InChI=1S/C15H16BrN3O/c1-19(9-10-3-2-4-12(16)7-10)14-6-5-11(15(18)20)8-13(14)17/h2-8H,9,17H2,1H3,(H2,18,20). The van der Waals surface area contributed by atoms with Crippen LogP contribution in [0.4, 0.5) is 11.4 Å². The molecule has 2 aromatic rings. The molecule has 0 radical (unpaired) electrons. The van der Waals surface area contributed by atoms with E-state index in [9.17, 15) is 4.79 Å². The summed E-state index contributed by atoms with van der Waals surface area (Å²) in [5.74, 6) is -0.474. The molecule has 0 bridgehead atoms. The number of primary amides is 1. The van der Waals surface area contributed by atoms with Gasteiger partial charge in [0.1, 0.15) is 0 Å². The molecule has 0 aliphatic carbocycles. The number of halogens is 1. The van der Waals surface area contributed by atoms with Crippen molar-refractivity contribution in [3.8, 4) is 0 Å². The van der Waals surface area contributed by atoms with Crippen molar-refractivity contribution in [2.24, 2.45) is 5.73 Å². The Kier molecular flexibility index (Phi) is 4.29. The fourth-order valence-corrected chi connectivity index (χ4v) is 2.50. The van der Waals surface area contributed by atoms with Gasteiger partial charge in [0.15, 0.2) is 0 Å². The summed E-state index contributed by atoms with van der Waals surface area (Å²) >= 11 is 3.45. The lowest BCUT2D eigenvalue weighted by atomic mass is 10.1. The van der Waals surface area contributed by atoms with Crippen molar-refractivity contribution < 1.29 is 4.79 Å². The summed E-state index contributed by atoms with van der Waals surface area (Å²) in [5, 5.41) is 0. The SMILES string of the molecule is CN(Cc1cccc(Br)c1)c1ccc(C(N)=O)cc1N. The average molecular weight is 334 g/mol. The van der Waals surface area contributed by atoms with E-state index in [0.29, 0.717) is 11.3 Å². The monoisotopic (exact) mass is 333 g/mol. The van der Waals surface area contributed by atoms with Gasteiger partial charge in [0.2, 0.25) is 5.91 Å². The summed E-state index contributed by atoms with van der Waals surface area (Å²) in [6, 6.07) is 13.2. The van der Waals surface area contributed by atoms with Gasteiger partial charge in [-0.1, -0.05) is 28.1 Å². The Bertz CT molecular complexity index is 643. The molecule has 4 N–H and O–H groups in total. The van der Waals surface area contributed by atoms with Crippen LogP contribution in [0, 0.1) is 0 Å². The molecule has 0 saturated carbocycles. The van der Waals surface area contributed by atoms with Crippen molar-refractivity contribution in [3.63, 3.8) is 0 Å². The first-order valence-electron chi connectivity index (χ1n) is 6.12. The van der Waals surface area contributed by atoms with Crippen LogP contribution >= 0.6 is 15.9 Å². The van der Waals surface area contributed by atoms with E-state index < -0.39 is 5.91 Å². The molecule has 5 heteroatoms. The summed E-state index contributed by atoms with van der Waals surface area (Å²) in [6.45, 7) is 0.722. The number of carbonyl (C=O) groups is 1. The molecule has 0 aromatic heterocycles. The largest absolute Gasteiger partial charge is 0.397 e. The predicted molar refractivity (Wildman–Crippen MR) is 85.6 cm³/mol. The maximum atomic E-state index is 11.1. The minimum absolute atomic E-state index is 0.419. The second-order valence-electron chi connectivity index (χ2n) is 4.62.